The summed E-state index contributed by atoms with van der Waals surface area (Å²) in [7, 11) is 0. The molecule has 0 radical (unpaired) electrons. The van der Waals surface area contributed by atoms with Gasteiger partial charge in [-0.2, -0.15) is 0 Å². The molecule has 0 saturated carbocycles. The van der Waals surface area contributed by atoms with Crippen molar-refractivity contribution in [3.63, 3.8) is 0 Å². The van der Waals surface area contributed by atoms with Crippen LogP contribution in [0.5, 0.6) is 0 Å². The van der Waals surface area contributed by atoms with Gasteiger partial charge in [-0.15, -0.1) is 0 Å². The van der Waals surface area contributed by atoms with E-state index in [0.29, 0.717) is 6.42 Å². The van der Waals surface area contributed by atoms with Gasteiger partial charge in [-0.1, -0.05) is 24.3 Å². The minimum atomic E-state index is 0.124. The van der Waals surface area contributed by atoms with Crippen LogP contribution in [0.15, 0.2) is 42.2 Å². The van der Waals surface area contributed by atoms with Gasteiger partial charge in [0.2, 0.25) is 5.95 Å². The standard InChI is InChI=1S/C18H17N3O/c22-17-15(10-14-5-1-2-6-16(14)17)9-13-11-19-18(20-12-13)21-7-3-4-8-21/h1-2,5-6,9,11-12H,3-4,7-8,10H2. The highest BCUT2D eigenvalue weighted by Gasteiger charge is 2.24. The molecule has 0 N–H and O–H groups in total. The minimum absolute atomic E-state index is 0.124. The summed E-state index contributed by atoms with van der Waals surface area (Å²) in [6.07, 6.45) is 8.65. The van der Waals surface area contributed by atoms with Gasteiger partial charge in [0.25, 0.3) is 0 Å². The summed E-state index contributed by atoms with van der Waals surface area (Å²) in [5, 5.41) is 0. The van der Waals surface area contributed by atoms with Crippen LogP contribution in [0.4, 0.5) is 5.95 Å². The van der Waals surface area contributed by atoms with Gasteiger partial charge in [0.1, 0.15) is 0 Å². The van der Waals surface area contributed by atoms with Gasteiger partial charge in [0, 0.05) is 48.6 Å². The monoisotopic (exact) mass is 291 g/mol. The summed E-state index contributed by atoms with van der Waals surface area (Å²) in [6.45, 7) is 2.07. The quantitative estimate of drug-likeness (QED) is 0.798. The van der Waals surface area contributed by atoms with E-state index in [0.717, 1.165) is 41.3 Å². The van der Waals surface area contributed by atoms with Crippen LogP contribution in [0.1, 0.15) is 34.3 Å². The fourth-order valence-electron chi connectivity index (χ4n) is 3.16. The Labute approximate surface area is 129 Å². The average Bonchev–Trinajstić information content (AvgIpc) is 3.18. The predicted octanol–water partition coefficient (Wildman–Crippen LogP) is 2.90. The molecule has 0 bridgehead atoms. The molecule has 1 aliphatic heterocycles. The number of hydrogen-bond acceptors (Lipinski definition) is 4. The third kappa shape index (κ3) is 2.30. The lowest BCUT2D eigenvalue weighted by Crippen LogP contribution is -2.20. The van der Waals surface area contributed by atoms with Crippen molar-refractivity contribution < 1.29 is 4.79 Å². The number of carbonyl (C=O) groups is 1. The van der Waals surface area contributed by atoms with E-state index < -0.39 is 0 Å². The van der Waals surface area contributed by atoms with Gasteiger partial charge in [0.05, 0.1) is 0 Å². The maximum atomic E-state index is 12.4. The van der Waals surface area contributed by atoms with Crippen molar-refractivity contribution in [1.29, 1.82) is 0 Å². The Bertz CT molecular complexity index is 743. The van der Waals surface area contributed by atoms with Gasteiger partial charge in [0.15, 0.2) is 5.78 Å². The molecule has 1 saturated heterocycles. The number of ketones is 1. The number of Topliss-reactive ketones (excluding diaryl/α,β-unsaturated/α-hetero) is 1. The molecule has 4 heteroatoms. The van der Waals surface area contributed by atoms with Crippen molar-refractivity contribution in [3.8, 4) is 0 Å². The Morgan fingerprint density at radius 1 is 1.05 bits per heavy atom. The second-order valence-corrected chi connectivity index (χ2v) is 5.84. The number of allylic oxidation sites excluding steroid dienone is 1. The van der Waals surface area contributed by atoms with Crippen LogP contribution < -0.4 is 4.90 Å². The molecule has 1 aromatic heterocycles. The number of benzene rings is 1. The minimum Gasteiger partial charge on any atom is -0.341 e. The number of nitrogens with zero attached hydrogens (tertiary/aromatic N) is 3. The summed E-state index contributed by atoms with van der Waals surface area (Å²) in [6, 6.07) is 7.79. The highest BCUT2D eigenvalue weighted by molar-refractivity contribution is 6.15. The maximum absolute atomic E-state index is 12.4. The van der Waals surface area contributed by atoms with Crippen LogP contribution in [0.25, 0.3) is 6.08 Å². The fraction of sp³-hybridized carbons (Fsp3) is 0.278. The Morgan fingerprint density at radius 2 is 1.77 bits per heavy atom. The lowest BCUT2D eigenvalue weighted by Gasteiger charge is -2.14. The predicted molar refractivity (Wildman–Crippen MR) is 85.9 cm³/mol. The highest BCUT2D eigenvalue weighted by Crippen LogP contribution is 2.27. The van der Waals surface area contributed by atoms with Gasteiger partial charge < -0.3 is 4.90 Å². The van der Waals surface area contributed by atoms with Crippen molar-refractivity contribution in [2.24, 2.45) is 0 Å². The summed E-state index contributed by atoms with van der Waals surface area (Å²) in [4.78, 5) is 23.4. The maximum Gasteiger partial charge on any atom is 0.225 e. The highest BCUT2D eigenvalue weighted by atomic mass is 16.1. The van der Waals surface area contributed by atoms with Crippen LogP contribution >= 0.6 is 0 Å². The molecule has 0 spiro atoms. The van der Waals surface area contributed by atoms with E-state index in [-0.39, 0.29) is 5.78 Å². The fourth-order valence-corrected chi connectivity index (χ4v) is 3.16. The number of fused-ring (bicyclic) bond motifs is 1. The van der Waals surface area contributed by atoms with E-state index in [1.54, 1.807) is 0 Å². The molecule has 2 aliphatic rings. The molecule has 22 heavy (non-hydrogen) atoms. The SMILES string of the molecule is O=C1C(=Cc2cnc(N3CCCC3)nc2)Cc2ccccc21. The summed E-state index contributed by atoms with van der Waals surface area (Å²) in [5.74, 6) is 0.917. The van der Waals surface area contributed by atoms with Crippen molar-refractivity contribution >= 4 is 17.8 Å². The third-order valence-corrected chi connectivity index (χ3v) is 4.32. The Morgan fingerprint density at radius 3 is 2.50 bits per heavy atom. The molecule has 110 valence electrons. The van der Waals surface area contributed by atoms with Crippen LogP contribution in [0.2, 0.25) is 0 Å². The number of aromatic nitrogens is 2. The topological polar surface area (TPSA) is 46.1 Å². The third-order valence-electron chi connectivity index (χ3n) is 4.32. The molecule has 1 aliphatic carbocycles. The molecule has 0 amide bonds. The first-order valence-corrected chi connectivity index (χ1v) is 7.71. The van der Waals surface area contributed by atoms with Crippen molar-refractivity contribution in [3.05, 3.63) is 58.9 Å². The van der Waals surface area contributed by atoms with E-state index in [2.05, 4.69) is 14.9 Å². The summed E-state index contributed by atoms with van der Waals surface area (Å²) in [5.41, 5.74) is 3.63. The number of rotatable bonds is 2. The Kier molecular flexibility index (Phi) is 3.22. The average molecular weight is 291 g/mol. The summed E-state index contributed by atoms with van der Waals surface area (Å²) < 4.78 is 0. The van der Waals surface area contributed by atoms with Crippen LogP contribution in [0, 0.1) is 0 Å². The molecule has 2 heterocycles. The van der Waals surface area contributed by atoms with Gasteiger partial charge >= 0.3 is 0 Å². The van der Waals surface area contributed by atoms with E-state index in [9.17, 15) is 4.79 Å². The van der Waals surface area contributed by atoms with Crippen LogP contribution in [-0.4, -0.2) is 28.8 Å². The van der Waals surface area contributed by atoms with Gasteiger partial charge in [-0.25, -0.2) is 9.97 Å². The van der Waals surface area contributed by atoms with E-state index in [1.807, 2.05) is 42.7 Å². The molecular formula is C18H17N3O. The van der Waals surface area contributed by atoms with Crippen molar-refractivity contribution in [2.75, 3.05) is 18.0 Å². The first-order chi connectivity index (χ1) is 10.8. The first-order valence-electron chi connectivity index (χ1n) is 7.71. The lowest BCUT2D eigenvalue weighted by atomic mass is 10.1. The lowest BCUT2D eigenvalue weighted by molar-refractivity contribution is 0.104. The first kappa shape index (κ1) is 13.2. The van der Waals surface area contributed by atoms with Crippen molar-refractivity contribution in [2.45, 2.75) is 19.3 Å². The number of hydrogen-bond donors (Lipinski definition) is 0. The molecule has 1 fully saturated rings. The normalized spacial score (nSPS) is 19.0. The molecular weight excluding hydrogens is 274 g/mol. The van der Waals surface area contributed by atoms with Crippen molar-refractivity contribution in [1.82, 2.24) is 9.97 Å². The smallest absolute Gasteiger partial charge is 0.225 e. The van der Waals surface area contributed by atoms with E-state index >= 15 is 0 Å². The molecule has 0 unspecified atom stereocenters. The molecule has 1 aromatic carbocycles. The van der Waals surface area contributed by atoms with Gasteiger partial charge in [-0.3, -0.25) is 4.79 Å². The molecule has 4 nitrogen and oxygen atoms in total. The van der Waals surface area contributed by atoms with E-state index in [1.165, 1.54) is 12.8 Å². The molecule has 2 aromatic rings. The second kappa shape index (κ2) is 5.37. The Balaban J connectivity index is 1.57. The van der Waals surface area contributed by atoms with Gasteiger partial charge in [-0.05, 0) is 24.5 Å². The van der Waals surface area contributed by atoms with E-state index in [4.69, 9.17) is 0 Å². The zero-order valence-corrected chi connectivity index (χ0v) is 12.3. The van der Waals surface area contributed by atoms with Crippen LogP contribution in [-0.2, 0) is 6.42 Å². The molecule has 4 rings (SSSR count). The summed E-state index contributed by atoms with van der Waals surface area (Å²) >= 11 is 0. The second-order valence-electron chi connectivity index (χ2n) is 5.84. The number of carbonyl (C=O) groups excluding carboxylic acids is 1. The Hall–Kier alpha value is -2.49. The largest absolute Gasteiger partial charge is 0.341 e. The number of anilines is 1. The zero-order valence-electron chi connectivity index (χ0n) is 12.3. The van der Waals surface area contributed by atoms with Crippen LogP contribution in [0.3, 0.4) is 0 Å². The molecule has 0 atom stereocenters. The zero-order chi connectivity index (χ0) is 14.9.